The Bertz CT molecular complexity index is 1320. The normalized spacial score (nSPS) is 15.3. The lowest BCUT2D eigenvalue weighted by atomic mass is 10.1. The van der Waals surface area contributed by atoms with Crippen molar-refractivity contribution in [1.29, 1.82) is 5.26 Å². The molecule has 1 amide bonds. The summed E-state index contributed by atoms with van der Waals surface area (Å²) in [6, 6.07) is 13.0. The van der Waals surface area contributed by atoms with Gasteiger partial charge in [0, 0.05) is 38.4 Å². The second-order valence-corrected chi connectivity index (χ2v) is 10.8. The summed E-state index contributed by atoms with van der Waals surface area (Å²) in [4.78, 5) is 17.0. The summed E-state index contributed by atoms with van der Waals surface area (Å²) in [6.45, 7) is 5.88. The van der Waals surface area contributed by atoms with E-state index >= 15 is 0 Å². The van der Waals surface area contributed by atoms with E-state index in [0.29, 0.717) is 30.7 Å². The quantitative estimate of drug-likeness (QED) is 0.492. The van der Waals surface area contributed by atoms with Crippen LogP contribution >= 0.6 is 11.7 Å². The zero-order chi connectivity index (χ0) is 24.3. The van der Waals surface area contributed by atoms with Gasteiger partial charge >= 0.3 is 0 Å². The van der Waals surface area contributed by atoms with Crippen LogP contribution in [0.15, 0.2) is 41.3 Å². The molecule has 0 saturated carbocycles. The summed E-state index contributed by atoms with van der Waals surface area (Å²) in [5, 5.41) is 9.06. The number of piperazine rings is 1. The number of aromatic nitrogens is 2. The summed E-state index contributed by atoms with van der Waals surface area (Å²) >= 11 is 0.992. The van der Waals surface area contributed by atoms with E-state index in [-0.39, 0.29) is 36.9 Å². The van der Waals surface area contributed by atoms with Gasteiger partial charge in [0.1, 0.15) is 15.9 Å². The minimum Gasteiger partial charge on any atom is -0.310 e. The largest absolute Gasteiger partial charge is 0.310 e. The molecule has 1 aliphatic rings. The molecule has 0 aliphatic carbocycles. The molecule has 178 valence electrons. The van der Waals surface area contributed by atoms with Crippen LogP contribution in [0.4, 0.5) is 5.69 Å². The predicted molar refractivity (Wildman–Crippen MR) is 131 cm³/mol. The summed E-state index contributed by atoms with van der Waals surface area (Å²) in [7, 11) is -3.71. The van der Waals surface area contributed by atoms with Gasteiger partial charge in [0.25, 0.3) is 0 Å². The minimum atomic E-state index is -3.71. The van der Waals surface area contributed by atoms with Crippen molar-refractivity contribution in [3.8, 4) is 6.07 Å². The third-order valence-corrected chi connectivity index (χ3v) is 8.30. The number of amides is 1. The molecule has 34 heavy (non-hydrogen) atoms. The smallest absolute Gasteiger partial charge is 0.245 e. The fraction of sp³-hybridized carbons (Fsp3) is 0.391. The Kier molecular flexibility index (Phi) is 7.23. The third-order valence-electron chi connectivity index (χ3n) is 5.82. The lowest BCUT2D eigenvalue weighted by Crippen LogP contribution is -2.51. The van der Waals surface area contributed by atoms with E-state index in [1.807, 2.05) is 36.9 Å². The molecular weight excluding hydrogens is 472 g/mol. The topological polar surface area (TPSA) is 110 Å². The van der Waals surface area contributed by atoms with E-state index in [1.54, 1.807) is 23.1 Å². The van der Waals surface area contributed by atoms with Crippen molar-refractivity contribution < 1.29 is 13.2 Å². The zero-order valence-corrected chi connectivity index (χ0v) is 20.8. The molecular formula is C23H26N6O3S2. The Labute approximate surface area is 203 Å². The van der Waals surface area contributed by atoms with Crippen LogP contribution in [-0.2, 0) is 14.8 Å². The van der Waals surface area contributed by atoms with Gasteiger partial charge in [-0.1, -0.05) is 12.1 Å². The van der Waals surface area contributed by atoms with Crippen molar-refractivity contribution in [2.45, 2.75) is 25.2 Å². The third kappa shape index (κ3) is 5.10. The number of nitriles is 1. The summed E-state index contributed by atoms with van der Waals surface area (Å²) in [5.74, 6) is -0.102. The van der Waals surface area contributed by atoms with E-state index < -0.39 is 10.0 Å². The molecule has 1 aliphatic heterocycles. The molecule has 0 N–H and O–H groups in total. The molecule has 4 rings (SSSR count). The van der Waals surface area contributed by atoms with Crippen LogP contribution in [0.5, 0.6) is 0 Å². The standard InChI is InChI=1S/C23H26N6O3S2/c1-17-13-18(2)15-19(14-17)29(8-4-7-24)22(30)16-27-9-11-28(12-10-27)34(31,32)21-6-3-5-20-23(21)26-33-25-20/h3,5-6,13-15H,4,8-12,16H2,1-2H3. The summed E-state index contributed by atoms with van der Waals surface area (Å²) in [6.07, 6.45) is 0.238. The molecule has 1 fully saturated rings. The lowest BCUT2D eigenvalue weighted by Gasteiger charge is -2.34. The molecule has 0 spiro atoms. The highest BCUT2D eigenvalue weighted by Crippen LogP contribution is 2.25. The number of nitrogens with zero attached hydrogens (tertiary/aromatic N) is 6. The molecule has 0 bridgehead atoms. The van der Waals surface area contributed by atoms with E-state index in [1.165, 1.54) is 4.31 Å². The fourth-order valence-corrected chi connectivity index (χ4v) is 6.37. The van der Waals surface area contributed by atoms with Crippen LogP contribution in [0.3, 0.4) is 0 Å². The Morgan fingerprint density at radius 3 is 2.50 bits per heavy atom. The lowest BCUT2D eigenvalue weighted by molar-refractivity contribution is -0.120. The highest BCUT2D eigenvalue weighted by atomic mass is 32.2. The van der Waals surface area contributed by atoms with E-state index in [9.17, 15) is 13.2 Å². The Hall–Kier alpha value is -2.91. The van der Waals surface area contributed by atoms with Gasteiger partial charge < -0.3 is 4.90 Å². The maximum atomic E-state index is 13.2. The van der Waals surface area contributed by atoms with Crippen LogP contribution in [0, 0.1) is 25.2 Å². The van der Waals surface area contributed by atoms with Gasteiger partial charge in [-0.2, -0.15) is 18.3 Å². The monoisotopic (exact) mass is 498 g/mol. The van der Waals surface area contributed by atoms with Gasteiger partial charge in [-0.05, 0) is 49.2 Å². The first-order valence-electron chi connectivity index (χ1n) is 11.0. The van der Waals surface area contributed by atoms with Crippen molar-refractivity contribution in [3.05, 3.63) is 47.5 Å². The highest BCUT2D eigenvalue weighted by molar-refractivity contribution is 7.89. The number of anilines is 1. The first-order valence-corrected chi connectivity index (χ1v) is 13.2. The molecule has 0 unspecified atom stereocenters. The highest BCUT2D eigenvalue weighted by Gasteiger charge is 2.31. The second kappa shape index (κ2) is 10.1. The fourth-order valence-electron chi connectivity index (χ4n) is 4.20. The summed E-state index contributed by atoms with van der Waals surface area (Å²) < 4.78 is 36.2. The van der Waals surface area contributed by atoms with Crippen molar-refractivity contribution in [1.82, 2.24) is 18.0 Å². The van der Waals surface area contributed by atoms with Crippen LogP contribution in [0.1, 0.15) is 17.5 Å². The molecule has 11 heteroatoms. The number of sulfonamides is 1. The molecule has 9 nitrogen and oxygen atoms in total. The van der Waals surface area contributed by atoms with Gasteiger partial charge in [0.15, 0.2) is 0 Å². The van der Waals surface area contributed by atoms with E-state index in [4.69, 9.17) is 5.26 Å². The first kappa shape index (κ1) is 24.2. The molecule has 1 saturated heterocycles. The Morgan fingerprint density at radius 2 is 1.82 bits per heavy atom. The first-order chi connectivity index (χ1) is 16.3. The van der Waals surface area contributed by atoms with E-state index in [0.717, 1.165) is 28.5 Å². The van der Waals surface area contributed by atoms with Gasteiger partial charge in [-0.3, -0.25) is 9.69 Å². The van der Waals surface area contributed by atoms with Crippen LogP contribution in [0.2, 0.25) is 0 Å². The van der Waals surface area contributed by atoms with Gasteiger partial charge in [-0.25, -0.2) is 8.42 Å². The van der Waals surface area contributed by atoms with Crippen LogP contribution < -0.4 is 4.90 Å². The predicted octanol–water partition coefficient (Wildman–Crippen LogP) is 2.56. The maximum absolute atomic E-state index is 13.2. The average molecular weight is 499 g/mol. The van der Waals surface area contributed by atoms with E-state index in [2.05, 4.69) is 14.8 Å². The number of hydrogen-bond donors (Lipinski definition) is 0. The number of aryl methyl sites for hydroxylation is 2. The number of carbonyl (C=O) groups is 1. The molecule has 0 atom stereocenters. The maximum Gasteiger partial charge on any atom is 0.245 e. The second-order valence-electron chi connectivity index (χ2n) is 8.37. The molecule has 2 aromatic carbocycles. The SMILES string of the molecule is Cc1cc(C)cc(N(CCC#N)C(=O)CN2CCN(S(=O)(=O)c3cccc4nsnc34)CC2)c1. The number of fused-ring (bicyclic) bond motifs is 1. The number of benzene rings is 2. The van der Waals surface area contributed by atoms with Crippen LogP contribution in [0.25, 0.3) is 11.0 Å². The number of rotatable bonds is 7. The molecule has 0 radical (unpaired) electrons. The van der Waals surface area contributed by atoms with Gasteiger partial charge in [-0.15, -0.1) is 0 Å². The summed E-state index contributed by atoms with van der Waals surface area (Å²) in [5.41, 5.74) is 3.84. The van der Waals surface area contributed by atoms with Crippen molar-refractivity contribution >= 4 is 44.4 Å². The van der Waals surface area contributed by atoms with Gasteiger partial charge in [0.2, 0.25) is 15.9 Å². The van der Waals surface area contributed by atoms with Gasteiger partial charge in [0.05, 0.1) is 30.8 Å². The van der Waals surface area contributed by atoms with Crippen molar-refractivity contribution in [2.24, 2.45) is 0 Å². The molecule has 3 aromatic rings. The molecule has 1 aromatic heterocycles. The van der Waals surface area contributed by atoms with Crippen LogP contribution in [-0.4, -0.2) is 71.5 Å². The average Bonchev–Trinajstić information content (AvgIpc) is 3.28. The number of hydrogen-bond acceptors (Lipinski definition) is 8. The zero-order valence-electron chi connectivity index (χ0n) is 19.1. The van der Waals surface area contributed by atoms with Crippen molar-refractivity contribution in [2.75, 3.05) is 44.2 Å². The molecule has 2 heterocycles. The van der Waals surface area contributed by atoms with Crippen molar-refractivity contribution in [3.63, 3.8) is 0 Å². The number of carbonyl (C=O) groups excluding carboxylic acids is 1. The minimum absolute atomic E-state index is 0.102. The Morgan fingerprint density at radius 1 is 1.12 bits per heavy atom. The Balaban J connectivity index is 1.44.